The Morgan fingerprint density at radius 3 is 2.42 bits per heavy atom. The third-order valence-electron chi connectivity index (χ3n) is 4.78. The SMILES string of the molecule is Cc1ccc(S(=O)(=O)N2CCC[C@H](C(=O)N[C@H](C)C(C)C)C2)cc1. The van der Waals surface area contributed by atoms with Gasteiger partial charge in [-0.25, -0.2) is 8.42 Å². The van der Waals surface area contributed by atoms with Crippen LogP contribution in [0, 0.1) is 18.8 Å². The molecule has 1 fully saturated rings. The molecule has 134 valence electrons. The van der Waals surface area contributed by atoms with E-state index in [1.165, 1.54) is 4.31 Å². The number of nitrogens with one attached hydrogen (secondary N) is 1. The monoisotopic (exact) mass is 352 g/mol. The van der Waals surface area contributed by atoms with Gasteiger partial charge in [-0.1, -0.05) is 31.5 Å². The molecule has 1 aliphatic heterocycles. The summed E-state index contributed by atoms with van der Waals surface area (Å²) in [6.45, 7) is 8.74. The Morgan fingerprint density at radius 2 is 1.83 bits per heavy atom. The van der Waals surface area contributed by atoms with Gasteiger partial charge in [0.15, 0.2) is 0 Å². The van der Waals surface area contributed by atoms with E-state index in [1.54, 1.807) is 24.3 Å². The van der Waals surface area contributed by atoms with Crippen molar-refractivity contribution in [2.24, 2.45) is 11.8 Å². The fraction of sp³-hybridized carbons (Fsp3) is 0.611. The number of aryl methyl sites for hydroxylation is 1. The van der Waals surface area contributed by atoms with Gasteiger partial charge in [0.2, 0.25) is 15.9 Å². The van der Waals surface area contributed by atoms with Crippen LogP contribution in [-0.4, -0.2) is 37.8 Å². The van der Waals surface area contributed by atoms with Crippen LogP contribution in [0.5, 0.6) is 0 Å². The molecule has 0 saturated carbocycles. The molecule has 1 aromatic carbocycles. The van der Waals surface area contributed by atoms with Crippen LogP contribution in [-0.2, 0) is 14.8 Å². The third kappa shape index (κ3) is 4.36. The first-order chi connectivity index (χ1) is 11.2. The van der Waals surface area contributed by atoms with E-state index in [1.807, 2.05) is 13.8 Å². The predicted molar refractivity (Wildman–Crippen MR) is 95.1 cm³/mol. The van der Waals surface area contributed by atoms with Crippen LogP contribution < -0.4 is 5.32 Å². The minimum absolute atomic E-state index is 0.0417. The molecule has 0 spiro atoms. The zero-order valence-corrected chi connectivity index (χ0v) is 15.8. The van der Waals surface area contributed by atoms with E-state index in [-0.39, 0.29) is 24.4 Å². The Balaban J connectivity index is 2.09. The lowest BCUT2D eigenvalue weighted by atomic mass is 9.97. The van der Waals surface area contributed by atoms with Gasteiger partial charge in [-0.15, -0.1) is 0 Å². The van der Waals surface area contributed by atoms with Gasteiger partial charge >= 0.3 is 0 Å². The quantitative estimate of drug-likeness (QED) is 0.886. The number of piperidine rings is 1. The molecule has 1 N–H and O–H groups in total. The standard InChI is InChI=1S/C18H28N2O3S/c1-13(2)15(4)19-18(21)16-6-5-11-20(12-16)24(22,23)17-9-7-14(3)8-10-17/h7-10,13,15-16H,5-6,11-12H2,1-4H3,(H,19,21)/t15-,16+/m1/s1. The smallest absolute Gasteiger partial charge is 0.243 e. The van der Waals surface area contributed by atoms with Crippen molar-refractivity contribution in [3.63, 3.8) is 0 Å². The number of nitrogens with zero attached hydrogens (tertiary/aromatic N) is 1. The van der Waals surface area contributed by atoms with E-state index < -0.39 is 10.0 Å². The normalized spacial score (nSPS) is 20.8. The van der Waals surface area contributed by atoms with Crippen molar-refractivity contribution in [1.29, 1.82) is 0 Å². The summed E-state index contributed by atoms with van der Waals surface area (Å²) < 4.78 is 27.0. The average molecular weight is 353 g/mol. The first-order valence-corrected chi connectivity index (χ1v) is 10.0. The van der Waals surface area contributed by atoms with Crippen molar-refractivity contribution in [3.05, 3.63) is 29.8 Å². The second-order valence-electron chi connectivity index (χ2n) is 7.06. The maximum absolute atomic E-state index is 12.8. The molecule has 1 amide bonds. The van der Waals surface area contributed by atoms with E-state index >= 15 is 0 Å². The molecule has 24 heavy (non-hydrogen) atoms. The highest BCUT2D eigenvalue weighted by Crippen LogP contribution is 2.24. The zero-order valence-electron chi connectivity index (χ0n) is 15.0. The van der Waals surface area contributed by atoms with Crippen molar-refractivity contribution >= 4 is 15.9 Å². The van der Waals surface area contributed by atoms with Crippen LogP contribution in [0.3, 0.4) is 0 Å². The number of sulfonamides is 1. The number of benzene rings is 1. The molecule has 0 bridgehead atoms. The molecule has 6 heteroatoms. The molecule has 1 saturated heterocycles. The number of hydrogen-bond donors (Lipinski definition) is 1. The number of carbonyl (C=O) groups excluding carboxylic acids is 1. The molecule has 0 aromatic heterocycles. The van der Waals surface area contributed by atoms with E-state index in [2.05, 4.69) is 19.2 Å². The predicted octanol–water partition coefficient (Wildman–Crippen LogP) is 2.56. The lowest BCUT2D eigenvalue weighted by Crippen LogP contribution is -2.47. The largest absolute Gasteiger partial charge is 0.353 e. The summed E-state index contributed by atoms with van der Waals surface area (Å²) in [5.74, 6) is 0.0325. The Kier molecular flexibility index (Phi) is 6.04. The van der Waals surface area contributed by atoms with Gasteiger partial charge in [-0.2, -0.15) is 4.31 Å². The number of hydrogen-bond acceptors (Lipinski definition) is 3. The topological polar surface area (TPSA) is 66.5 Å². The first kappa shape index (κ1) is 18.9. The zero-order chi connectivity index (χ0) is 17.9. The fourth-order valence-electron chi connectivity index (χ4n) is 2.74. The van der Waals surface area contributed by atoms with Crippen LogP contribution >= 0.6 is 0 Å². The summed E-state index contributed by atoms with van der Waals surface area (Å²) in [7, 11) is -3.54. The molecule has 2 atom stereocenters. The lowest BCUT2D eigenvalue weighted by Gasteiger charge is -2.32. The molecule has 1 aliphatic rings. The van der Waals surface area contributed by atoms with Crippen molar-refractivity contribution in [3.8, 4) is 0 Å². The van der Waals surface area contributed by atoms with Crippen molar-refractivity contribution in [2.45, 2.75) is 51.5 Å². The number of rotatable bonds is 5. The molecule has 1 aromatic rings. The van der Waals surface area contributed by atoms with Crippen LogP contribution in [0.2, 0.25) is 0 Å². The van der Waals surface area contributed by atoms with Crippen LogP contribution in [0.1, 0.15) is 39.2 Å². The summed E-state index contributed by atoms with van der Waals surface area (Å²) >= 11 is 0. The Morgan fingerprint density at radius 1 is 1.21 bits per heavy atom. The average Bonchev–Trinajstić information content (AvgIpc) is 2.55. The van der Waals surface area contributed by atoms with Crippen LogP contribution in [0.4, 0.5) is 0 Å². The minimum Gasteiger partial charge on any atom is -0.353 e. The number of carbonyl (C=O) groups is 1. The summed E-state index contributed by atoms with van der Waals surface area (Å²) in [4.78, 5) is 12.7. The second kappa shape index (κ2) is 7.66. The van der Waals surface area contributed by atoms with Crippen molar-refractivity contribution in [2.75, 3.05) is 13.1 Å². The van der Waals surface area contributed by atoms with Gasteiger partial charge in [-0.3, -0.25) is 4.79 Å². The van der Waals surface area contributed by atoms with E-state index in [0.717, 1.165) is 12.0 Å². The van der Waals surface area contributed by atoms with Crippen molar-refractivity contribution < 1.29 is 13.2 Å². The number of amides is 1. The Bertz CT molecular complexity index is 668. The summed E-state index contributed by atoms with van der Waals surface area (Å²) in [6.07, 6.45) is 1.44. The molecule has 0 aliphatic carbocycles. The summed E-state index contributed by atoms with van der Waals surface area (Å²) in [6, 6.07) is 6.95. The minimum atomic E-state index is -3.54. The Hall–Kier alpha value is -1.40. The van der Waals surface area contributed by atoms with E-state index in [9.17, 15) is 13.2 Å². The van der Waals surface area contributed by atoms with Gasteiger partial charge in [-0.05, 0) is 44.7 Å². The highest BCUT2D eigenvalue weighted by Gasteiger charge is 2.33. The molecule has 5 nitrogen and oxygen atoms in total. The molecular weight excluding hydrogens is 324 g/mol. The van der Waals surface area contributed by atoms with Gasteiger partial charge in [0.1, 0.15) is 0 Å². The molecule has 2 rings (SSSR count). The maximum atomic E-state index is 12.8. The van der Waals surface area contributed by atoms with Gasteiger partial charge < -0.3 is 5.32 Å². The third-order valence-corrected chi connectivity index (χ3v) is 6.66. The highest BCUT2D eigenvalue weighted by atomic mass is 32.2. The highest BCUT2D eigenvalue weighted by molar-refractivity contribution is 7.89. The molecule has 0 radical (unpaired) electrons. The Labute approximate surface area is 145 Å². The van der Waals surface area contributed by atoms with E-state index in [4.69, 9.17) is 0 Å². The van der Waals surface area contributed by atoms with Gasteiger partial charge in [0, 0.05) is 19.1 Å². The van der Waals surface area contributed by atoms with Crippen molar-refractivity contribution in [1.82, 2.24) is 9.62 Å². The van der Waals surface area contributed by atoms with Gasteiger partial charge in [0.25, 0.3) is 0 Å². The molecular formula is C18H28N2O3S. The lowest BCUT2D eigenvalue weighted by molar-refractivity contribution is -0.127. The second-order valence-corrected chi connectivity index (χ2v) is 8.99. The molecule has 0 unspecified atom stereocenters. The van der Waals surface area contributed by atoms with Crippen LogP contribution in [0.15, 0.2) is 29.2 Å². The van der Waals surface area contributed by atoms with Gasteiger partial charge in [0.05, 0.1) is 10.8 Å². The van der Waals surface area contributed by atoms with E-state index in [0.29, 0.717) is 23.8 Å². The fourth-order valence-corrected chi connectivity index (χ4v) is 4.27. The van der Waals surface area contributed by atoms with Crippen LogP contribution in [0.25, 0.3) is 0 Å². The summed E-state index contributed by atoms with van der Waals surface area (Å²) in [5, 5.41) is 3.01. The maximum Gasteiger partial charge on any atom is 0.243 e. The molecule has 1 heterocycles. The summed E-state index contributed by atoms with van der Waals surface area (Å²) in [5.41, 5.74) is 1.02. The first-order valence-electron chi connectivity index (χ1n) is 8.59.